The molecule has 30 heavy (non-hydrogen) atoms. The Bertz CT molecular complexity index is 899. The van der Waals surface area contributed by atoms with Crippen molar-refractivity contribution < 1.29 is 14.0 Å². The Hall–Kier alpha value is -2.84. The highest BCUT2D eigenvalue weighted by molar-refractivity contribution is 5.94. The Balaban J connectivity index is 1.29. The summed E-state index contributed by atoms with van der Waals surface area (Å²) in [6.07, 6.45) is 5.06. The van der Waals surface area contributed by atoms with Crippen molar-refractivity contribution in [1.82, 2.24) is 25.4 Å². The lowest BCUT2D eigenvalue weighted by atomic mass is 9.86. The number of pyridine rings is 1. The Kier molecular flexibility index (Phi) is 6.06. The fourth-order valence-corrected chi connectivity index (χ4v) is 4.30. The molecule has 1 spiro atoms. The van der Waals surface area contributed by atoms with Crippen LogP contribution >= 0.6 is 0 Å². The maximum absolute atomic E-state index is 13.7. The highest BCUT2D eigenvalue weighted by Crippen LogP contribution is 2.33. The summed E-state index contributed by atoms with van der Waals surface area (Å²) < 4.78 is 13.7. The molecular formula is C22H26FN5O2. The highest BCUT2D eigenvalue weighted by Gasteiger charge is 2.49. The maximum Gasteiger partial charge on any atom is 0.254 e. The number of hydrogen-bond donors (Lipinski definition) is 2. The summed E-state index contributed by atoms with van der Waals surface area (Å²) in [4.78, 5) is 33.4. The van der Waals surface area contributed by atoms with Gasteiger partial charge >= 0.3 is 0 Å². The molecule has 7 nitrogen and oxygen atoms in total. The predicted molar refractivity (Wildman–Crippen MR) is 110 cm³/mol. The van der Waals surface area contributed by atoms with Crippen LogP contribution in [0.2, 0.25) is 0 Å². The zero-order valence-corrected chi connectivity index (χ0v) is 16.8. The molecule has 0 radical (unpaired) electrons. The Morgan fingerprint density at radius 2 is 2.00 bits per heavy atom. The summed E-state index contributed by atoms with van der Waals surface area (Å²) >= 11 is 0. The van der Waals surface area contributed by atoms with E-state index in [9.17, 15) is 14.0 Å². The molecule has 0 aliphatic carbocycles. The second kappa shape index (κ2) is 8.89. The molecule has 2 aliphatic rings. The van der Waals surface area contributed by atoms with Gasteiger partial charge in [0, 0.05) is 45.1 Å². The first-order valence-corrected chi connectivity index (χ1v) is 10.3. The van der Waals surface area contributed by atoms with E-state index in [0.29, 0.717) is 26.3 Å². The molecule has 2 N–H and O–H groups in total. The average Bonchev–Trinajstić information content (AvgIpc) is 3.05. The van der Waals surface area contributed by atoms with Crippen molar-refractivity contribution in [3.05, 3.63) is 65.7 Å². The highest BCUT2D eigenvalue weighted by atomic mass is 19.1. The fraction of sp³-hybridized carbons (Fsp3) is 0.409. The quantitative estimate of drug-likeness (QED) is 0.751. The summed E-state index contributed by atoms with van der Waals surface area (Å²) in [5, 5.41) is 5.78. The number of nitrogens with zero attached hydrogens (tertiary/aromatic N) is 3. The monoisotopic (exact) mass is 411 g/mol. The number of nitrogens with one attached hydrogen (secondary N) is 2. The molecule has 0 saturated carbocycles. The van der Waals surface area contributed by atoms with E-state index >= 15 is 0 Å². The van der Waals surface area contributed by atoms with Gasteiger partial charge in [0.05, 0.1) is 12.2 Å². The van der Waals surface area contributed by atoms with Gasteiger partial charge in [-0.25, -0.2) is 4.39 Å². The van der Waals surface area contributed by atoms with Crippen LogP contribution in [0.3, 0.4) is 0 Å². The van der Waals surface area contributed by atoms with E-state index in [2.05, 4.69) is 25.4 Å². The van der Waals surface area contributed by atoms with Crippen molar-refractivity contribution in [1.29, 1.82) is 0 Å². The van der Waals surface area contributed by atoms with Crippen LogP contribution in [0.4, 0.5) is 4.39 Å². The number of hydrogen-bond acceptors (Lipinski definition) is 5. The smallest absolute Gasteiger partial charge is 0.254 e. The van der Waals surface area contributed by atoms with E-state index in [-0.39, 0.29) is 11.5 Å². The first-order valence-electron chi connectivity index (χ1n) is 10.3. The van der Waals surface area contributed by atoms with Gasteiger partial charge in [0.1, 0.15) is 11.4 Å². The van der Waals surface area contributed by atoms with E-state index in [1.54, 1.807) is 18.3 Å². The number of benzene rings is 1. The number of amides is 2. The molecule has 2 aliphatic heterocycles. The molecule has 158 valence electrons. The molecule has 2 amide bonds. The summed E-state index contributed by atoms with van der Waals surface area (Å²) in [6.45, 7) is 3.88. The number of rotatable bonds is 6. The van der Waals surface area contributed by atoms with E-state index in [1.807, 2.05) is 18.3 Å². The average molecular weight is 411 g/mol. The standard InChI is InChI=1S/C22H26FN5O2/c23-19-6-2-1-5-18(19)20(29)25-10-13-27-11-7-22(8-12-27)21(30)26-16-28(22)15-17-4-3-9-24-14-17/h1-6,9,14H,7-8,10-13,15-16H2,(H,25,29)(H,26,30). The summed E-state index contributed by atoms with van der Waals surface area (Å²) in [7, 11) is 0. The zero-order chi connectivity index (χ0) is 21.0. The van der Waals surface area contributed by atoms with Gasteiger partial charge in [-0.05, 0) is 36.6 Å². The minimum atomic E-state index is -0.518. The third kappa shape index (κ3) is 4.20. The number of carbonyl (C=O) groups is 2. The van der Waals surface area contributed by atoms with Crippen LogP contribution in [0.1, 0.15) is 28.8 Å². The van der Waals surface area contributed by atoms with E-state index in [4.69, 9.17) is 0 Å². The zero-order valence-electron chi connectivity index (χ0n) is 16.8. The molecule has 2 saturated heterocycles. The number of aromatic nitrogens is 1. The van der Waals surface area contributed by atoms with Crippen LogP contribution in [0.15, 0.2) is 48.8 Å². The number of halogens is 1. The molecule has 2 fully saturated rings. The lowest BCUT2D eigenvalue weighted by Crippen LogP contribution is -2.56. The molecule has 0 atom stereocenters. The van der Waals surface area contributed by atoms with Gasteiger partial charge in [0.15, 0.2) is 0 Å². The van der Waals surface area contributed by atoms with Gasteiger partial charge in [-0.1, -0.05) is 18.2 Å². The second-order valence-corrected chi connectivity index (χ2v) is 7.83. The minimum Gasteiger partial charge on any atom is -0.351 e. The van der Waals surface area contributed by atoms with Gasteiger partial charge < -0.3 is 15.5 Å². The van der Waals surface area contributed by atoms with Crippen molar-refractivity contribution in [2.45, 2.75) is 24.9 Å². The van der Waals surface area contributed by atoms with E-state index < -0.39 is 17.3 Å². The molecule has 0 bridgehead atoms. The van der Waals surface area contributed by atoms with Crippen LogP contribution in [-0.4, -0.2) is 65.0 Å². The topological polar surface area (TPSA) is 77.6 Å². The van der Waals surface area contributed by atoms with E-state index in [0.717, 1.165) is 31.5 Å². The Morgan fingerprint density at radius 1 is 1.20 bits per heavy atom. The lowest BCUT2D eigenvalue weighted by molar-refractivity contribution is -0.129. The summed E-state index contributed by atoms with van der Waals surface area (Å²) in [5.41, 5.74) is 0.665. The van der Waals surface area contributed by atoms with Crippen molar-refractivity contribution >= 4 is 11.8 Å². The van der Waals surface area contributed by atoms with Crippen LogP contribution < -0.4 is 10.6 Å². The van der Waals surface area contributed by atoms with Gasteiger partial charge in [-0.2, -0.15) is 0 Å². The Labute approximate surface area is 175 Å². The Morgan fingerprint density at radius 3 is 2.73 bits per heavy atom. The van der Waals surface area contributed by atoms with Crippen molar-refractivity contribution in [2.24, 2.45) is 0 Å². The number of piperidine rings is 1. The SMILES string of the molecule is O=C(NCCN1CCC2(CC1)C(=O)NCN2Cc1cccnc1)c1ccccc1F. The fourth-order valence-electron chi connectivity index (χ4n) is 4.30. The van der Waals surface area contributed by atoms with Crippen molar-refractivity contribution in [3.8, 4) is 0 Å². The van der Waals surface area contributed by atoms with Crippen molar-refractivity contribution in [2.75, 3.05) is 32.8 Å². The number of carbonyl (C=O) groups excluding carboxylic acids is 2. The minimum absolute atomic E-state index is 0.0590. The van der Waals surface area contributed by atoms with E-state index in [1.165, 1.54) is 12.1 Å². The molecule has 8 heteroatoms. The third-order valence-electron chi connectivity index (χ3n) is 6.07. The first kappa shape index (κ1) is 20.4. The second-order valence-electron chi connectivity index (χ2n) is 7.83. The summed E-state index contributed by atoms with van der Waals surface area (Å²) in [5.74, 6) is -0.825. The summed E-state index contributed by atoms with van der Waals surface area (Å²) in [6, 6.07) is 9.90. The largest absolute Gasteiger partial charge is 0.351 e. The van der Waals surface area contributed by atoms with Gasteiger partial charge in [-0.3, -0.25) is 19.5 Å². The molecule has 0 unspecified atom stereocenters. The molecule has 4 rings (SSSR count). The van der Waals surface area contributed by atoms with Crippen molar-refractivity contribution in [3.63, 3.8) is 0 Å². The third-order valence-corrected chi connectivity index (χ3v) is 6.07. The van der Waals surface area contributed by atoms with Gasteiger partial charge in [-0.15, -0.1) is 0 Å². The lowest BCUT2D eigenvalue weighted by Gasteiger charge is -2.42. The molecule has 3 heterocycles. The van der Waals surface area contributed by atoms with Gasteiger partial charge in [0.25, 0.3) is 5.91 Å². The predicted octanol–water partition coefficient (Wildman–Crippen LogP) is 1.37. The van der Waals surface area contributed by atoms with Crippen LogP contribution in [0.25, 0.3) is 0 Å². The van der Waals surface area contributed by atoms with Crippen LogP contribution in [0.5, 0.6) is 0 Å². The number of likely N-dealkylation sites (tertiary alicyclic amines) is 1. The molecule has 1 aromatic carbocycles. The van der Waals surface area contributed by atoms with Gasteiger partial charge in [0.2, 0.25) is 5.91 Å². The van der Waals surface area contributed by atoms with Crippen LogP contribution in [0, 0.1) is 5.82 Å². The molecule has 2 aromatic rings. The maximum atomic E-state index is 13.7. The molecular weight excluding hydrogens is 385 g/mol. The first-order chi connectivity index (χ1) is 14.6. The van der Waals surface area contributed by atoms with Crippen LogP contribution in [-0.2, 0) is 11.3 Å². The molecule has 1 aromatic heterocycles. The normalized spacial score (nSPS) is 19.0.